The first-order valence-corrected chi connectivity index (χ1v) is 5.32. The van der Waals surface area contributed by atoms with E-state index in [4.69, 9.17) is 10.5 Å². The van der Waals surface area contributed by atoms with Crippen LogP contribution in [-0.4, -0.2) is 25.7 Å². The van der Waals surface area contributed by atoms with Gasteiger partial charge in [0, 0.05) is 13.7 Å². The minimum Gasteiger partial charge on any atom is -0.383 e. The molecule has 0 aliphatic heterocycles. The van der Waals surface area contributed by atoms with Gasteiger partial charge >= 0.3 is 0 Å². The lowest BCUT2D eigenvalue weighted by molar-refractivity contribution is -0.123. The third-order valence-electron chi connectivity index (χ3n) is 2.39. The van der Waals surface area contributed by atoms with Crippen molar-refractivity contribution in [2.75, 3.05) is 13.7 Å². The van der Waals surface area contributed by atoms with Gasteiger partial charge in [0.2, 0.25) is 5.91 Å². The van der Waals surface area contributed by atoms with Gasteiger partial charge in [-0.25, -0.2) is 4.39 Å². The Morgan fingerprint density at radius 1 is 1.56 bits per heavy atom. The lowest BCUT2D eigenvalue weighted by Gasteiger charge is -2.11. The van der Waals surface area contributed by atoms with E-state index in [1.165, 1.54) is 13.2 Å². The highest BCUT2D eigenvalue weighted by molar-refractivity contribution is 5.85. The van der Waals surface area contributed by atoms with Gasteiger partial charge in [0.15, 0.2) is 0 Å². The first kappa shape index (κ1) is 16.8. The third kappa shape index (κ3) is 5.00. The number of nitrogens with two attached hydrogens (primary N) is 1. The number of benzene rings is 1. The number of aryl methyl sites for hydroxylation is 1. The van der Waals surface area contributed by atoms with Gasteiger partial charge in [0.1, 0.15) is 11.9 Å². The molecular weight excluding hydrogens is 259 g/mol. The fourth-order valence-electron chi connectivity index (χ4n) is 1.32. The zero-order chi connectivity index (χ0) is 12.8. The summed E-state index contributed by atoms with van der Waals surface area (Å²) in [5, 5.41) is 2.62. The predicted molar refractivity (Wildman–Crippen MR) is 70.1 cm³/mol. The van der Waals surface area contributed by atoms with Crippen LogP contribution in [0, 0.1) is 12.7 Å². The maximum absolute atomic E-state index is 13.2. The Bertz CT molecular complexity index is 402. The van der Waals surface area contributed by atoms with E-state index in [2.05, 4.69) is 5.32 Å². The SMILES string of the molecule is COCC(N)C(=O)NCc1ccc(C)c(F)c1.Cl. The number of carbonyl (C=O) groups excluding carboxylic acids is 1. The van der Waals surface area contributed by atoms with E-state index in [1.807, 2.05) is 0 Å². The highest BCUT2D eigenvalue weighted by Gasteiger charge is 2.12. The van der Waals surface area contributed by atoms with Crippen molar-refractivity contribution in [3.05, 3.63) is 35.1 Å². The molecule has 4 nitrogen and oxygen atoms in total. The Balaban J connectivity index is 0.00000289. The third-order valence-corrected chi connectivity index (χ3v) is 2.39. The minimum absolute atomic E-state index is 0. The number of halogens is 2. The Morgan fingerprint density at radius 3 is 2.78 bits per heavy atom. The maximum Gasteiger partial charge on any atom is 0.239 e. The summed E-state index contributed by atoms with van der Waals surface area (Å²) in [7, 11) is 1.47. The number of rotatable bonds is 5. The van der Waals surface area contributed by atoms with E-state index in [0.717, 1.165) is 0 Å². The normalized spacial score (nSPS) is 11.6. The summed E-state index contributed by atoms with van der Waals surface area (Å²) >= 11 is 0. The van der Waals surface area contributed by atoms with Crippen LogP contribution in [-0.2, 0) is 16.1 Å². The molecule has 0 aromatic heterocycles. The van der Waals surface area contributed by atoms with Crippen molar-refractivity contribution in [1.29, 1.82) is 0 Å². The van der Waals surface area contributed by atoms with Crippen molar-refractivity contribution < 1.29 is 13.9 Å². The van der Waals surface area contributed by atoms with E-state index in [9.17, 15) is 9.18 Å². The molecule has 6 heteroatoms. The molecule has 0 radical (unpaired) electrons. The second kappa shape index (κ2) is 8.02. The first-order chi connectivity index (χ1) is 8.04. The van der Waals surface area contributed by atoms with Crippen LogP contribution < -0.4 is 11.1 Å². The zero-order valence-corrected chi connectivity index (χ0v) is 11.2. The molecule has 0 aliphatic rings. The Hall–Kier alpha value is -1.17. The number of ether oxygens (including phenoxy) is 1. The second-order valence-electron chi connectivity index (χ2n) is 3.86. The highest BCUT2D eigenvalue weighted by atomic mass is 35.5. The summed E-state index contributed by atoms with van der Waals surface area (Å²) < 4.78 is 18.0. The number of carbonyl (C=O) groups is 1. The topological polar surface area (TPSA) is 64.3 Å². The number of amides is 1. The lowest BCUT2D eigenvalue weighted by Crippen LogP contribution is -2.43. The van der Waals surface area contributed by atoms with Crippen molar-refractivity contribution in [3.8, 4) is 0 Å². The molecule has 3 N–H and O–H groups in total. The average Bonchev–Trinajstić information content (AvgIpc) is 2.30. The molecule has 0 bridgehead atoms. The Kier molecular flexibility index (Phi) is 7.50. The number of nitrogens with one attached hydrogen (secondary N) is 1. The lowest BCUT2D eigenvalue weighted by atomic mass is 10.1. The van der Waals surface area contributed by atoms with Crippen LogP contribution in [0.1, 0.15) is 11.1 Å². The van der Waals surface area contributed by atoms with E-state index < -0.39 is 6.04 Å². The van der Waals surface area contributed by atoms with Gasteiger partial charge in [0.05, 0.1) is 6.61 Å². The Morgan fingerprint density at radius 2 is 2.22 bits per heavy atom. The van der Waals surface area contributed by atoms with Gasteiger partial charge in [0.25, 0.3) is 0 Å². The second-order valence-corrected chi connectivity index (χ2v) is 3.86. The molecule has 0 heterocycles. The molecule has 0 aliphatic carbocycles. The minimum atomic E-state index is -0.699. The predicted octanol–water partition coefficient (Wildman–Crippen LogP) is 1.15. The molecule has 18 heavy (non-hydrogen) atoms. The summed E-state index contributed by atoms with van der Waals surface area (Å²) in [4.78, 5) is 11.4. The molecule has 1 aromatic rings. The van der Waals surface area contributed by atoms with Gasteiger partial charge in [-0.1, -0.05) is 12.1 Å². The summed E-state index contributed by atoms with van der Waals surface area (Å²) in [5.41, 5.74) is 6.81. The first-order valence-electron chi connectivity index (χ1n) is 5.32. The van der Waals surface area contributed by atoms with Crippen LogP contribution in [0.25, 0.3) is 0 Å². The summed E-state index contributed by atoms with van der Waals surface area (Å²) in [6.45, 7) is 2.10. The summed E-state index contributed by atoms with van der Waals surface area (Å²) in [6.07, 6.45) is 0. The van der Waals surface area contributed by atoms with Gasteiger partial charge in [-0.2, -0.15) is 0 Å². The monoisotopic (exact) mass is 276 g/mol. The standard InChI is InChI=1S/C12H17FN2O2.ClH/c1-8-3-4-9(5-10(8)13)6-15-12(16)11(14)7-17-2;/h3-5,11H,6-7,14H2,1-2H3,(H,15,16);1H. The van der Waals surface area contributed by atoms with Crippen molar-refractivity contribution in [3.63, 3.8) is 0 Å². The van der Waals surface area contributed by atoms with Crippen LogP contribution in [0.15, 0.2) is 18.2 Å². The van der Waals surface area contributed by atoms with Crippen LogP contribution in [0.5, 0.6) is 0 Å². The molecule has 1 unspecified atom stereocenters. The zero-order valence-electron chi connectivity index (χ0n) is 10.4. The van der Waals surface area contributed by atoms with Crippen molar-refractivity contribution in [2.24, 2.45) is 5.73 Å². The van der Waals surface area contributed by atoms with Crippen LogP contribution >= 0.6 is 12.4 Å². The van der Waals surface area contributed by atoms with Gasteiger partial charge in [-0.3, -0.25) is 4.79 Å². The molecule has 0 saturated heterocycles. The van der Waals surface area contributed by atoms with Crippen LogP contribution in [0.2, 0.25) is 0 Å². The molecule has 1 aromatic carbocycles. The summed E-state index contributed by atoms with van der Waals surface area (Å²) in [6, 6.07) is 4.14. The fourth-order valence-corrected chi connectivity index (χ4v) is 1.32. The molecule has 0 saturated carbocycles. The van der Waals surface area contributed by atoms with E-state index >= 15 is 0 Å². The summed E-state index contributed by atoms with van der Waals surface area (Å²) in [5.74, 6) is -0.592. The number of hydrogen-bond donors (Lipinski definition) is 2. The molecule has 1 atom stereocenters. The molecule has 0 fully saturated rings. The van der Waals surface area contributed by atoms with E-state index in [-0.39, 0.29) is 37.3 Å². The van der Waals surface area contributed by atoms with Gasteiger partial charge < -0.3 is 15.8 Å². The fraction of sp³-hybridized carbons (Fsp3) is 0.417. The van der Waals surface area contributed by atoms with Gasteiger partial charge in [-0.05, 0) is 24.1 Å². The van der Waals surface area contributed by atoms with Crippen LogP contribution in [0.4, 0.5) is 4.39 Å². The number of hydrogen-bond acceptors (Lipinski definition) is 3. The molecule has 1 amide bonds. The molecule has 1 rings (SSSR count). The number of methoxy groups -OCH3 is 1. The van der Waals surface area contributed by atoms with Crippen molar-refractivity contribution in [2.45, 2.75) is 19.5 Å². The van der Waals surface area contributed by atoms with Crippen molar-refractivity contribution in [1.82, 2.24) is 5.32 Å². The maximum atomic E-state index is 13.2. The largest absolute Gasteiger partial charge is 0.383 e. The van der Waals surface area contributed by atoms with E-state index in [1.54, 1.807) is 19.1 Å². The van der Waals surface area contributed by atoms with Crippen LogP contribution in [0.3, 0.4) is 0 Å². The Labute approximate surface area is 112 Å². The molecular formula is C12H18ClFN2O2. The van der Waals surface area contributed by atoms with E-state index in [0.29, 0.717) is 11.1 Å². The molecule has 102 valence electrons. The molecule has 0 spiro atoms. The van der Waals surface area contributed by atoms with Crippen molar-refractivity contribution >= 4 is 18.3 Å². The average molecular weight is 277 g/mol. The smallest absolute Gasteiger partial charge is 0.239 e. The van der Waals surface area contributed by atoms with Gasteiger partial charge in [-0.15, -0.1) is 12.4 Å². The quantitative estimate of drug-likeness (QED) is 0.848. The highest BCUT2D eigenvalue weighted by Crippen LogP contribution is 2.08.